The molecule has 1 aliphatic carbocycles. The molecule has 0 bridgehead atoms. The number of ether oxygens (including phenoxy) is 1. The van der Waals surface area contributed by atoms with E-state index in [0.29, 0.717) is 13.0 Å². The van der Waals surface area contributed by atoms with Gasteiger partial charge in [-0.1, -0.05) is 0 Å². The molecule has 2 fully saturated rings. The molecule has 1 saturated carbocycles. The Morgan fingerprint density at radius 2 is 1.96 bits per heavy atom. The highest BCUT2D eigenvalue weighted by Crippen LogP contribution is 2.52. The van der Waals surface area contributed by atoms with Crippen molar-refractivity contribution in [3.63, 3.8) is 0 Å². The number of non-ortho nitro benzene ring substituents is 1. The summed E-state index contributed by atoms with van der Waals surface area (Å²) in [6, 6.07) is 4.83. The summed E-state index contributed by atoms with van der Waals surface area (Å²) in [6.45, 7) is 0.623. The van der Waals surface area contributed by atoms with Crippen LogP contribution < -0.4 is 0 Å². The fraction of sp³-hybridized carbons (Fsp3) is 0.500. The molecule has 0 radical (unpaired) electrons. The number of carbonyl (C=O) groups is 1. The van der Waals surface area contributed by atoms with Gasteiger partial charge in [-0.05, 0) is 30.4 Å². The summed E-state index contributed by atoms with van der Waals surface area (Å²) in [5.41, 5.74) is -0.157. The van der Waals surface area contributed by atoms with Crippen LogP contribution in [0.3, 0.4) is 0 Å². The van der Waals surface area contributed by atoms with Crippen LogP contribution >= 0.6 is 0 Å². The van der Waals surface area contributed by atoms with Gasteiger partial charge in [0.1, 0.15) is 0 Å². The number of methoxy groups -OCH3 is 1. The normalized spacial score (nSPS) is 27.1. The monoisotopic (exact) mass is 340 g/mol. The predicted molar refractivity (Wildman–Crippen MR) is 79.0 cm³/mol. The third kappa shape index (κ3) is 2.70. The smallest absolute Gasteiger partial charge is 0.309 e. The van der Waals surface area contributed by atoms with E-state index in [2.05, 4.69) is 0 Å². The maximum atomic E-state index is 12.6. The van der Waals surface area contributed by atoms with Crippen LogP contribution in [0.5, 0.6) is 0 Å². The van der Waals surface area contributed by atoms with E-state index >= 15 is 0 Å². The molecule has 9 heteroatoms. The van der Waals surface area contributed by atoms with Crippen molar-refractivity contribution >= 4 is 21.7 Å². The van der Waals surface area contributed by atoms with E-state index in [1.165, 1.54) is 35.7 Å². The largest absolute Gasteiger partial charge is 0.469 e. The Morgan fingerprint density at radius 1 is 1.30 bits per heavy atom. The van der Waals surface area contributed by atoms with Crippen molar-refractivity contribution in [1.82, 2.24) is 4.31 Å². The van der Waals surface area contributed by atoms with Crippen molar-refractivity contribution in [2.75, 3.05) is 20.2 Å². The van der Waals surface area contributed by atoms with Crippen LogP contribution in [0.25, 0.3) is 0 Å². The molecule has 1 aromatic rings. The zero-order valence-electron chi connectivity index (χ0n) is 12.4. The number of nitro benzene ring substituents is 1. The lowest BCUT2D eigenvalue weighted by Gasteiger charge is -2.25. The van der Waals surface area contributed by atoms with E-state index in [0.717, 1.165) is 0 Å². The highest BCUT2D eigenvalue weighted by Gasteiger charge is 2.58. The molecule has 124 valence electrons. The van der Waals surface area contributed by atoms with Crippen LogP contribution in [-0.2, 0) is 19.6 Å². The number of sulfonamides is 1. The minimum absolute atomic E-state index is 0.00373. The van der Waals surface area contributed by atoms with Crippen molar-refractivity contribution in [2.45, 2.75) is 11.3 Å². The molecule has 8 nitrogen and oxygen atoms in total. The number of nitrogens with zero attached hydrogens (tertiary/aromatic N) is 2. The van der Waals surface area contributed by atoms with Crippen LogP contribution in [0.4, 0.5) is 5.69 Å². The lowest BCUT2D eigenvalue weighted by molar-refractivity contribution is -0.384. The van der Waals surface area contributed by atoms with E-state index < -0.39 is 14.9 Å². The average Bonchev–Trinajstić information content (AvgIpc) is 3.27. The minimum atomic E-state index is -3.71. The maximum absolute atomic E-state index is 12.6. The fourth-order valence-electron chi connectivity index (χ4n) is 3.30. The molecule has 23 heavy (non-hydrogen) atoms. The molecule has 3 rings (SSSR count). The molecule has 1 aromatic carbocycles. The average molecular weight is 340 g/mol. The van der Waals surface area contributed by atoms with Gasteiger partial charge in [-0.15, -0.1) is 0 Å². The number of carbonyl (C=O) groups excluding carboxylic acids is 1. The number of esters is 1. The maximum Gasteiger partial charge on any atom is 0.309 e. The molecule has 3 atom stereocenters. The van der Waals surface area contributed by atoms with Gasteiger partial charge in [0.25, 0.3) is 5.69 Å². The van der Waals surface area contributed by atoms with Gasteiger partial charge in [0, 0.05) is 25.2 Å². The Kier molecular flexibility index (Phi) is 3.85. The number of fused-ring (bicyclic) bond motifs is 1. The second-order valence-corrected chi connectivity index (χ2v) is 7.72. The van der Waals surface area contributed by atoms with Gasteiger partial charge in [-0.25, -0.2) is 8.42 Å². The Labute approximate surface area is 133 Å². The fourth-order valence-corrected chi connectivity index (χ4v) is 4.79. The SMILES string of the molecule is COC(=O)[C@H]1[C@@H]2CN(S(=O)(=O)c3ccc([N+](=O)[O-])cc3)CC[C@@H]21. The summed E-state index contributed by atoms with van der Waals surface area (Å²) in [7, 11) is -2.38. The lowest BCUT2D eigenvalue weighted by atomic mass is 10.2. The van der Waals surface area contributed by atoms with Crippen LogP contribution in [0.1, 0.15) is 6.42 Å². The molecular weight excluding hydrogens is 324 g/mol. The van der Waals surface area contributed by atoms with E-state index in [-0.39, 0.29) is 40.9 Å². The van der Waals surface area contributed by atoms with Crippen LogP contribution in [-0.4, -0.2) is 43.8 Å². The Hall–Kier alpha value is -2.00. The van der Waals surface area contributed by atoms with Crippen molar-refractivity contribution < 1.29 is 22.9 Å². The van der Waals surface area contributed by atoms with Gasteiger partial charge in [0.15, 0.2) is 0 Å². The van der Waals surface area contributed by atoms with E-state index in [9.17, 15) is 23.3 Å². The summed E-state index contributed by atoms with van der Waals surface area (Å²) in [6.07, 6.45) is 0.622. The Balaban J connectivity index is 1.76. The zero-order valence-corrected chi connectivity index (χ0v) is 13.2. The molecule has 2 aliphatic rings. The number of rotatable bonds is 4. The first-order valence-corrected chi connectivity index (χ1v) is 8.62. The highest BCUT2D eigenvalue weighted by atomic mass is 32.2. The Morgan fingerprint density at radius 3 is 2.52 bits per heavy atom. The van der Waals surface area contributed by atoms with Crippen LogP contribution in [0.2, 0.25) is 0 Å². The first kappa shape index (κ1) is 15.9. The van der Waals surface area contributed by atoms with Crippen LogP contribution in [0, 0.1) is 27.9 Å². The zero-order chi connectivity index (χ0) is 16.8. The highest BCUT2D eigenvalue weighted by molar-refractivity contribution is 7.89. The quantitative estimate of drug-likeness (QED) is 0.460. The third-order valence-electron chi connectivity index (χ3n) is 4.62. The van der Waals surface area contributed by atoms with E-state index in [4.69, 9.17) is 4.74 Å². The Bertz CT molecular complexity index is 745. The second-order valence-electron chi connectivity index (χ2n) is 5.78. The molecule has 0 N–H and O–H groups in total. The summed E-state index contributed by atoms with van der Waals surface area (Å²) in [4.78, 5) is 21.7. The van der Waals surface area contributed by atoms with Crippen LogP contribution in [0.15, 0.2) is 29.2 Å². The van der Waals surface area contributed by atoms with Gasteiger partial charge in [0.05, 0.1) is 22.8 Å². The number of nitro groups is 1. The standard InChI is InChI=1S/C14H16N2O6S/c1-22-14(17)13-11-6-7-15(8-12(11)13)23(20,21)10-4-2-9(3-5-10)16(18)19/h2-5,11-13H,6-8H2,1H3/t11-,12+,13+/m0/s1. The third-order valence-corrected chi connectivity index (χ3v) is 6.50. The van der Waals surface area contributed by atoms with Crippen molar-refractivity contribution in [2.24, 2.45) is 17.8 Å². The van der Waals surface area contributed by atoms with E-state index in [1.807, 2.05) is 0 Å². The number of benzene rings is 1. The van der Waals surface area contributed by atoms with Crippen molar-refractivity contribution in [1.29, 1.82) is 0 Å². The van der Waals surface area contributed by atoms with Gasteiger partial charge < -0.3 is 4.74 Å². The topological polar surface area (TPSA) is 107 Å². The lowest BCUT2D eigenvalue weighted by Crippen LogP contribution is -2.36. The summed E-state index contributed by atoms with van der Waals surface area (Å²) in [5, 5.41) is 10.6. The van der Waals surface area contributed by atoms with Gasteiger partial charge >= 0.3 is 5.97 Å². The first-order chi connectivity index (χ1) is 10.9. The number of hydrogen-bond acceptors (Lipinski definition) is 6. The van der Waals surface area contributed by atoms with Crippen molar-refractivity contribution in [3.05, 3.63) is 34.4 Å². The van der Waals surface area contributed by atoms with Crippen molar-refractivity contribution in [3.8, 4) is 0 Å². The molecule has 1 saturated heterocycles. The number of hydrogen-bond donors (Lipinski definition) is 0. The molecule has 0 aromatic heterocycles. The second kappa shape index (κ2) is 5.57. The molecule has 0 amide bonds. The molecule has 0 spiro atoms. The molecule has 0 unspecified atom stereocenters. The summed E-state index contributed by atoms with van der Waals surface area (Å²) in [5.74, 6) is -0.290. The molecular formula is C14H16N2O6S. The summed E-state index contributed by atoms with van der Waals surface area (Å²) >= 11 is 0. The molecule has 1 heterocycles. The summed E-state index contributed by atoms with van der Waals surface area (Å²) < 4.78 is 31.3. The van der Waals surface area contributed by atoms with Gasteiger partial charge in [-0.2, -0.15) is 4.31 Å². The predicted octanol–water partition coefficient (Wildman–Crippen LogP) is 1.02. The first-order valence-electron chi connectivity index (χ1n) is 7.18. The number of piperidine rings is 1. The van der Waals surface area contributed by atoms with Gasteiger partial charge in [0.2, 0.25) is 10.0 Å². The van der Waals surface area contributed by atoms with Gasteiger partial charge in [-0.3, -0.25) is 14.9 Å². The molecule has 1 aliphatic heterocycles. The van der Waals surface area contributed by atoms with E-state index in [1.54, 1.807) is 0 Å². The minimum Gasteiger partial charge on any atom is -0.469 e.